The summed E-state index contributed by atoms with van der Waals surface area (Å²) < 4.78 is 25.7. The number of benzene rings is 1. The van der Waals surface area contributed by atoms with Crippen LogP contribution in [-0.4, -0.2) is 63.5 Å². The number of halogens is 1. The molecule has 1 aromatic carbocycles. The monoisotopic (exact) mass is 473 g/mol. The van der Waals surface area contributed by atoms with Gasteiger partial charge in [0.2, 0.25) is 0 Å². The Morgan fingerprint density at radius 1 is 1.03 bits per heavy atom. The summed E-state index contributed by atoms with van der Waals surface area (Å²) in [6, 6.07) is 12.3. The maximum Gasteiger partial charge on any atom is 0.175 e. The fourth-order valence-electron chi connectivity index (χ4n) is 4.80. The molecule has 7 nitrogen and oxygen atoms in total. The molecule has 9 heteroatoms. The van der Waals surface area contributed by atoms with Gasteiger partial charge in [-0.25, -0.2) is 13.4 Å². The number of piperazine rings is 1. The summed E-state index contributed by atoms with van der Waals surface area (Å²) in [4.78, 5) is 9.68. The Labute approximate surface area is 193 Å². The number of sulfone groups is 1. The number of nitrogens with zero attached hydrogens (tertiary/aromatic N) is 4. The number of hydrogen-bond acceptors (Lipinski definition) is 6. The molecule has 2 fully saturated rings. The number of rotatable bonds is 5. The second-order valence-electron chi connectivity index (χ2n) is 8.78. The van der Waals surface area contributed by atoms with Gasteiger partial charge >= 0.3 is 0 Å². The molecule has 2 aliphatic rings. The van der Waals surface area contributed by atoms with Gasteiger partial charge in [0, 0.05) is 61.8 Å². The maximum atomic E-state index is 11.7. The van der Waals surface area contributed by atoms with Crippen LogP contribution in [-0.2, 0) is 9.84 Å². The Bertz CT molecular complexity index is 1230. The molecule has 32 heavy (non-hydrogen) atoms. The minimum Gasteiger partial charge on any atom is -0.368 e. The third-order valence-electron chi connectivity index (χ3n) is 6.80. The zero-order valence-electron chi connectivity index (χ0n) is 18.3. The van der Waals surface area contributed by atoms with Crippen molar-refractivity contribution in [2.75, 3.05) is 49.3 Å². The minimum absolute atomic E-state index is 0.353. The number of aromatic nitrogens is 2. The Morgan fingerprint density at radius 3 is 2.31 bits per heavy atom. The van der Waals surface area contributed by atoms with E-state index in [1.165, 1.54) is 6.26 Å². The molecular formula is C23H28ClN5O2S. The molecular weight excluding hydrogens is 446 g/mol. The first kappa shape index (κ1) is 21.6. The Morgan fingerprint density at radius 2 is 1.69 bits per heavy atom. The normalized spacial score (nSPS) is 21.7. The van der Waals surface area contributed by atoms with Gasteiger partial charge in [0.15, 0.2) is 9.84 Å². The molecule has 0 spiro atoms. The summed E-state index contributed by atoms with van der Waals surface area (Å²) in [7, 11) is -1.16. The van der Waals surface area contributed by atoms with E-state index in [-0.39, 0.29) is 0 Å². The van der Waals surface area contributed by atoms with E-state index in [1.807, 2.05) is 25.2 Å². The molecule has 1 N–H and O–H groups in total. The molecule has 0 bridgehead atoms. The van der Waals surface area contributed by atoms with E-state index in [9.17, 15) is 8.42 Å². The first-order valence-corrected chi connectivity index (χ1v) is 13.2. The van der Waals surface area contributed by atoms with E-state index in [1.54, 1.807) is 12.1 Å². The predicted molar refractivity (Wildman–Crippen MR) is 130 cm³/mol. The van der Waals surface area contributed by atoms with Crippen molar-refractivity contribution in [3.63, 3.8) is 0 Å². The quantitative estimate of drug-likeness (QED) is 0.573. The highest BCUT2D eigenvalue weighted by molar-refractivity contribution is 7.90. The lowest BCUT2D eigenvalue weighted by atomic mass is 9.87. The van der Waals surface area contributed by atoms with Gasteiger partial charge in [-0.3, -0.25) is 0 Å². The molecule has 0 unspecified atom stereocenters. The van der Waals surface area contributed by atoms with Gasteiger partial charge < -0.3 is 19.7 Å². The van der Waals surface area contributed by atoms with Gasteiger partial charge in [0.05, 0.1) is 10.6 Å². The van der Waals surface area contributed by atoms with Crippen LogP contribution in [0.5, 0.6) is 0 Å². The molecule has 1 saturated heterocycles. The van der Waals surface area contributed by atoms with Crippen molar-refractivity contribution in [3.05, 3.63) is 47.7 Å². The fourth-order valence-corrected chi connectivity index (χ4v) is 5.61. The Hall–Kier alpha value is -2.29. The highest BCUT2D eigenvalue weighted by Crippen LogP contribution is 2.38. The summed E-state index contributed by atoms with van der Waals surface area (Å²) >= 11 is 6.45. The molecule has 1 aliphatic carbocycles. The van der Waals surface area contributed by atoms with Crippen molar-refractivity contribution in [2.24, 2.45) is 0 Å². The molecule has 1 saturated carbocycles. The Balaban J connectivity index is 1.33. The van der Waals surface area contributed by atoms with Crippen molar-refractivity contribution in [1.82, 2.24) is 14.9 Å². The van der Waals surface area contributed by atoms with Gasteiger partial charge in [-0.15, -0.1) is 0 Å². The van der Waals surface area contributed by atoms with Crippen molar-refractivity contribution in [2.45, 2.75) is 29.8 Å². The van der Waals surface area contributed by atoms with Crippen molar-refractivity contribution in [1.29, 1.82) is 0 Å². The van der Waals surface area contributed by atoms with E-state index >= 15 is 0 Å². The van der Waals surface area contributed by atoms with E-state index in [2.05, 4.69) is 36.9 Å². The average Bonchev–Trinajstić information content (AvgIpc) is 3.15. The van der Waals surface area contributed by atoms with Gasteiger partial charge in [0.1, 0.15) is 10.8 Å². The van der Waals surface area contributed by atoms with Gasteiger partial charge in [-0.05, 0) is 56.3 Å². The lowest BCUT2D eigenvalue weighted by molar-refractivity contribution is 0.240. The summed E-state index contributed by atoms with van der Waals surface area (Å²) in [5.41, 5.74) is 3.14. The molecule has 3 heterocycles. The van der Waals surface area contributed by atoms with Crippen LogP contribution in [0.25, 0.3) is 11.0 Å². The first-order valence-electron chi connectivity index (χ1n) is 11.0. The average molecular weight is 474 g/mol. The second kappa shape index (κ2) is 8.24. The number of pyridine rings is 1. The SMILES string of the molecule is CNC1CC(n2ccc3c(N4CCN(c5ccc(S(C)(=O)=O)cc5)CC4)cc(Cl)nc32)C1. The van der Waals surface area contributed by atoms with Crippen LogP contribution in [0.1, 0.15) is 18.9 Å². The standard InChI is InChI=1S/C23H28ClN5O2S/c1-25-16-13-18(14-16)29-8-7-20-21(15-22(24)26-23(20)29)28-11-9-27(10-12-28)17-3-5-19(6-4-17)32(2,30)31/h3-8,15-16,18,25H,9-14H2,1-2H3. The van der Waals surface area contributed by atoms with Crippen LogP contribution in [0.15, 0.2) is 47.5 Å². The topological polar surface area (TPSA) is 70.5 Å². The Kier molecular flexibility index (Phi) is 5.55. The van der Waals surface area contributed by atoms with Crippen LogP contribution in [0.4, 0.5) is 11.4 Å². The van der Waals surface area contributed by atoms with E-state index in [0.717, 1.165) is 61.4 Å². The smallest absolute Gasteiger partial charge is 0.175 e. The number of nitrogens with one attached hydrogen (secondary N) is 1. The summed E-state index contributed by atoms with van der Waals surface area (Å²) in [5, 5.41) is 5.01. The maximum absolute atomic E-state index is 11.7. The zero-order valence-corrected chi connectivity index (χ0v) is 19.9. The predicted octanol–water partition coefficient (Wildman–Crippen LogP) is 3.34. The molecule has 0 radical (unpaired) electrons. The van der Waals surface area contributed by atoms with Crippen LogP contribution < -0.4 is 15.1 Å². The van der Waals surface area contributed by atoms with E-state index in [0.29, 0.717) is 22.1 Å². The van der Waals surface area contributed by atoms with Crippen LogP contribution in [0.3, 0.4) is 0 Å². The van der Waals surface area contributed by atoms with Crippen LogP contribution >= 0.6 is 11.6 Å². The van der Waals surface area contributed by atoms with E-state index < -0.39 is 9.84 Å². The molecule has 5 rings (SSSR count). The van der Waals surface area contributed by atoms with Crippen LogP contribution in [0.2, 0.25) is 5.15 Å². The second-order valence-corrected chi connectivity index (χ2v) is 11.2. The van der Waals surface area contributed by atoms with Gasteiger partial charge in [-0.2, -0.15) is 0 Å². The van der Waals surface area contributed by atoms with Crippen molar-refractivity contribution < 1.29 is 8.42 Å². The lowest BCUT2D eigenvalue weighted by Gasteiger charge is -2.38. The van der Waals surface area contributed by atoms with Crippen LogP contribution in [0, 0.1) is 0 Å². The minimum atomic E-state index is -3.18. The summed E-state index contributed by atoms with van der Waals surface area (Å²) in [5.74, 6) is 0. The third-order valence-corrected chi connectivity index (χ3v) is 8.12. The zero-order chi connectivity index (χ0) is 22.5. The highest BCUT2D eigenvalue weighted by atomic mass is 35.5. The third kappa shape index (κ3) is 3.95. The fraction of sp³-hybridized carbons (Fsp3) is 0.435. The van der Waals surface area contributed by atoms with E-state index in [4.69, 9.17) is 11.6 Å². The summed E-state index contributed by atoms with van der Waals surface area (Å²) in [6.45, 7) is 3.43. The molecule has 1 aliphatic heterocycles. The number of anilines is 2. The highest BCUT2D eigenvalue weighted by Gasteiger charge is 2.31. The lowest BCUT2D eigenvalue weighted by Crippen LogP contribution is -2.46. The molecule has 3 aromatic rings. The number of fused-ring (bicyclic) bond motifs is 1. The van der Waals surface area contributed by atoms with Gasteiger partial charge in [-0.1, -0.05) is 11.6 Å². The summed E-state index contributed by atoms with van der Waals surface area (Å²) in [6.07, 6.45) is 5.60. The molecule has 0 atom stereocenters. The largest absolute Gasteiger partial charge is 0.368 e. The molecule has 2 aromatic heterocycles. The molecule has 0 amide bonds. The van der Waals surface area contributed by atoms with Crippen molar-refractivity contribution in [3.8, 4) is 0 Å². The first-order chi connectivity index (χ1) is 15.3. The van der Waals surface area contributed by atoms with Gasteiger partial charge in [0.25, 0.3) is 0 Å². The van der Waals surface area contributed by atoms with Crippen molar-refractivity contribution >= 4 is 43.8 Å². The molecule has 170 valence electrons. The number of hydrogen-bond donors (Lipinski definition) is 1.